The van der Waals surface area contributed by atoms with Crippen LogP contribution in [0.4, 0.5) is 0 Å². The molecule has 2 aliphatic rings. The topological polar surface area (TPSA) is 40.1 Å². The minimum absolute atomic E-state index is 0.621. The lowest BCUT2D eigenvalue weighted by molar-refractivity contribution is 0.0320. The Morgan fingerprint density at radius 3 is 2.82 bits per heavy atom. The number of guanidine groups is 1. The van der Waals surface area contributed by atoms with Gasteiger partial charge in [0.2, 0.25) is 0 Å². The standard InChI is InChI=1S/C16H32N4OS/c1-4-15-13-20(7-10-22-15)16(17-3)18-11-14(2)12-19-5-8-21-9-6-19/h14-15H,4-13H2,1-3H3,(H,17,18). The summed E-state index contributed by atoms with van der Waals surface area (Å²) in [6, 6.07) is 0. The molecular formula is C16H32N4OS. The predicted molar refractivity (Wildman–Crippen MR) is 95.9 cm³/mol. The van der Waals surface area contributed by atoms with Crippen molar-refractivity contribution in [2.75, 3.05) is 65.3 Å². The molecule has 0 aromatic heterocycles. The summed E-state index contributed by atoms with van der Waals surface area (Å²) in [5.74, 6) is 2.91. The van der Waals surface area contributed by atoms with Crippen molar-refractivity contribution in [3.63, 3.8) is 0 Å². The highest BCUT2D eigenvalue weighted by molar-refractivity contribution is 8.00. The number of rotatable bonds is 5. The first-order chi connectivity index (χ1) is 10.7. The van der Waals surface area contributed by atoms with Crippen molar-refractivity contribution < 1.29 is 4.74 Å². The van der Waals surface area contributed by atoms with Gasteiger partial charge in [-0.25, -0.2) is 0 Å². The summed E-state index contributed by atoms with van der Waals surface area (Å²) >= 11 is 2.10. The molecule has 2 aliphatic heterocycles. The molecule has 22 heavy (non-hydrogen) atoms. The molecule has 2 atom stereocenters. The SMILES string of the molecule is CCC1CN(C(=NC)NCC(C)CN2CCOCC2)CCS1. The highest BCUT2D eigenvalue weighted by Crippen LogP contribution is 2.21. The maximum Gasteiger partial charge on any atom is 0.193 e. The van der Waals surface area contributed by atoms with Gasteiger partial charge in [-0.2, -0.15) is 11.8 Å². The number of nitrogens with one attached hydrogen (secondary N) is 1. The number of nitrogens with zero attached hydrogens (tertiary/aromatic N) is 3. The fourth-order valence-corrected chi connectivity index (χ4v) is 4.23. The molecular weight excluding hydrogens is 296 g/mol. The Balaban J connectivity index is 1.73. The Hall–Kier alpha value is -0.460. The van der Waals surface area contributed by atoms with Gasteiger partial charge in [0.25, 0.3) is 0 Å². The van der Waals surface area contributed by atoms with E-state index >= 15 is 0 Å². The van der Waals surface area contributed by atoms with Gasteiger partial charge in [0.1, 0.15) is 0 Å². The number of aliphatic imine (C=N–C) groups is 1. The molecule has 0 aliphatic carbocycles. The molecule has 1 N–H and O–H groups in total. The van der Waals surface area contributed by atoms with E-state index in [1.54, 1.807) is 0 Å². The molecule has 6 heteroatoms. The Kier molecular flexibility index (Phi) is 7.83. The molecule has 5 nitrogen and oxygen atoms in total. The van der Waals surface area contributed by atoms with Gasteiger partial charge in [0.05, 0.1) is 13.2 Å². The van der Waals surface area contributed by atoms with Crippen molar-refractivity contribution in [2.45, 2.75) is 25.5 Å². The molecule has 0 aromatic carbocycles. The van der Waals surface area contributed by atoms with Crippen molar-refractivity contribution in [1.29, 1.82) is 0 Å². The maximum absolute atomic E-state index is 5.41. The van der Waals surface area contributed by atoms with E-state index in [2.05, 4.69) is 45.7 Å². The zero-order valence-electron chi connectivity index (χ0n) is 14.4. The summed E-state index contributed by atoms with van der Waals surface area (Å²) in [5, 5.41) is 4.33. The van der Waals surface area contributed by atoms with Gasteiger partial charge in [-0.1, -0.05) is 13.8 Å². The number of ether oxygens (including phenoxy) is 1. The van der Waals surface area contributed by atoms with E-state index in [1.165, 1.54) is 12.2 Å². The zero-order valence-corrected chi connectivity index (χ0v) is 15.2. The minimum Gasteiger partial charge on any atom is -0.379 e. The molecule has 2 unspecified atom stereocenters. The van der Waals surface area contributed by atoms with Crippen LogP contribution in [0, 0.1) is 5.92 Å². The minimum atomic E-state index is 0.621. The van der Waals surface area contributed by atoms with Crippen molar-refractivity contribution in [1.82, 2.24) is 15.1 Å². The highest BCUT2D eigenvalue weighted by Gasteiger charge is 2.22. The molecule has 0 radical (unpaired) electrons. The summed E-state index contributed by atoms with van der Waals surface area (Å²) in [7, 11) is 1.90. The third kappa shape index (κ3) is 5.63. The van der Waals surface area contributed by atoms with Gasteiger partial charge < -0.3 is 15.0 Å². The quantitative estimate of drug-likeness (QED) is 0.609. The molecule has 2 fully saturated rings. The first kappa shape index (κ1) is 17.9. The number of morpholine rings is 1. The normalized spacial score (nSPS) is 26.0. The summed E-state index contributed by atoms with van der Waals surface area (Å²) in [5.41, 5.74) is 0. The highest BCUT2D eigenvalue weighted by atomic mass is 32.2. The number of thioether (sulfide) groups is 1. The van der Waals surface area contributed by atoms with E-state index < -0.39 is 0 Å². The lowest BCUT2D eigenvalue weighted by Crippen LogP contribution is -2.49. The average Bonchev–Trinajstić information content (AvgIpc) is 2.56. The zero-order chi connectivity index (χ0) is 15.8. The van der Waals surface area contributed by atoms with Crippen LogP contribution >= 0.6 is 11.8 Å². The second-order valence-electron chi connectivity index (χ2n) is 6.29. The summed E-state index contributed by atoms with van der Waals surface area (Å²) < 4.78 is 5.41. The lowest BCUT2D eigenvalue weighted by atomic mass is 10.1. The van der Waals surface area contributed by atoms with Gasteiger partial charge in [0, 0.05) is 57.3 Å². The van der Waals surface area contributed by atoms with Gasteiger partial charge in [0.15, 0.2) is 5.96 Å². The van der Waals surface area contributed by atoms with Crippen molar-refractivity contribution in [3.05, 3.63) is 0 Å². The number of hydrogen-bond donors (Lipinski definition) is 1. The van der Waals surface area contributed by atoms with Crippen molar-refractivity contribution in [3.8, 4) is 0 Å². The van der Waals surface area contributed by atoms with Crippen LogP contribution in [0.3, 0.4) is 0 Å². The van der Waals surface area contributed by atoms with Crippen LogP contribution < -0.4 is 5.32 Å². The third-order valence-electron chi connectivity index (χ3n) is 4.39. The van der Waals surface area contributed by atoms with Crippen LogP contribution in [0.2, 0.25) is 0 Å². The largest absolute Gasteiger partial charge is 0.379 e. The maximum atomic E-state index is 5.41. The van der Waals surface area contributed by atoms with Gasteiger partial charge in [-0.3, -0.25) is 9.89 Å². The van der Waals surface area contributed by atoms with E-state index in [-0.39, 0.29) is 0 Å². The van der Waals surface area contributed by atoms with Crippen LogP contribution in [0.5, 0.6) is 0 Å². The van der Waals surface area contributed by atoms with E-state index in [4.69, 9.17) is 4.74 Å². The molecule has 2 saturated heterocycles. The van der Waals surface area contributed by atoms with Crippen LogP contribution in [-0.4, -0.2) is 86.3 Å². The molecule has 0 amide bonds. The average molecular weight is 329 g/mol. The van der Waals surface area contributed by atoms with E-state index in [9.17, 15) is 0 Å². The third-order valence-corrected chi connectivity index (χ3v) is 5.76. The molecule has 0 bridgehead atoms. The Bertz CT molecular complexity index is 347. The Labute approximate surface area is 139 Å². The Morgan fingerprint density at radius 1 is 1.36 bits per heavy atom. The second-order valence-corrected chi connectivity index (χ2v) is 7.70. The van der Waals surface area contributed by atoms with Crippen LogP contribution in [0.1, 0.15) is 20.3 Å². The molecule has 128 valence electrons. The van der Waals surface area contributed by atoms with E-state index in [1.807, 2.05) is 7.05 Å². The van der Waals surface area contributed by atoms with Gasteiger partial charge >= 0.3 is 0 Å². The van der Waals surface area contributed by atoms with Crippen molar-refractivity contribution in [2.24, 2.45) is 10.9 Å². The second kappa shape index (κ2) is 9.63. The molecule has 0 aromatic rings. The van der Waals surface area contributed by atoms with E-state index in [0.29, 0.717) is 5.92 Å². The molecule has 2 rings (SSSR count). The van der Waals surface area contributed by atoms with Gasteiger partial charge in [-0.15, -0.1) is 0 Å². The first-order valence-electron chi connectivity index (χ1n) is 8.60. The molecule has 0 spiro atoms. The predicted octanol–water partition coefficient (Wildman–Crippen LogP) is 1.36. The summed E-state index contributed by atoms with van der Waals surface area (Å²) in [6.45, 7) is 12.9. The summed E-state index contributed by atoms with van der Waals surface area (Å²) in [6.07, 6.45) is 1.24. The fraction of sp³-hybridized carbons (Fsp3) is 0.938. The van der Waals surface area contributed by atoms with Crippen molar-refractivity contribution >= 4 is 17.7 Å². The Morgan fingerprint density at radius 2 is 2.14 bits per heavy atom. The smallest absolute Gasteiger partial charge is 0.193 e. The first-order valence-corrected chi connectivity index (χ1v) is 9.65. The lowest BCUT2D eigenvalue weighted by Gasteiger charge is -2.35. The van der Waals surface area contributed by atoms with Crippen LogP contribution in [0.25, 0.3) is 0 Å². The van der Waals surface area contributed by atoms with Crippen LogP contribution in [0.15, 0.2) is 4.99 Å². The van der Waals surface area contributed by atoms with Crippen LogP contribution in [-0.2, 0) is 4.74 Å². The van der Waals surface area contributed by atoms with Gasteiger partial charge in [-0.05, 0) is 12.3 Å². The van der Waals surface area contributed by atoms with E-state index in [0.717, 1.165) is 63.7 Å². The molecule has 0 saturated carbocycles. The summed E-state index contributed by atoms with van der Waals surface area (Å²) in [4.78, 5) is 9.41. The number of hydrogen-bond acceptors (Lipinski definition) is 4. The monoisotopic (exact) mass is 328 g/mol. The molecule has 2 heterocycles. The fourth-order valence-electron chi connectivity index (χ4n) is 3.05.